The Bertz CT molecular complexity index is 1340. The maximum atomic E-state index is 13.1. The second-order valence-corrected chi connectivity index (χ2v) is 10.5. The zero-order valence-electron chi connectivity index (χ0n) is 22.6. The van der Waals surface area contributed by atoms with Gasteiger partial charge in [-0.1, -0.05) is 78.9 Å². The van der Waals surface area contributed by atoms with Crippen molar-refractivity contribution in [3.63, 3.8) is 0 Å². The monoisotopic (exact) mass is 576 g/mol. The average Bonchev–Trinajstić information content (AvgIpc) is 3.30. The summed E-state index contributed by atoms with van der Waals surface area (Å²) in [5.41, 5.74) is 4.95. The molecule has 3 aromatic carbocycles. The number of aliphatic carboxylic acids is 1. The standard InChI is InChI=1S/C31H32N2O7S/c1-41-16-15-26(30(36)37)32-29(35)27(17-28(34)39-18-20-9-3-2-4-10-20)33-31(38)40-19-25-23-13-7-5-11-21(23)22-12-6-8-14-24(22)25/h2-14,25-27H,15-19H2,1H3,(H,32,35)(H,33,38)(H,36,37)/t26-,27+/m1/s1. The second kappa shape index (κ2) is 14.4. The normalized spacial score (nSPS) is 13.3. The van der Waals surface area contributed by atoms with Gasteiger partial charge in [0.1, 0.15) is 25.3 Å². The van der Waals surface area contributed by atoms with Crippen molar-refractivity contribution < 1.29 is 33.8 Å². The highest BCUT2D eigenvalue weighted by Gasteiger charge is 2.32. The van der Waals surface area contributed by atoms with Gasteiger partial charge >= 0.3 is 18.0 Å². The predicted octanol–water partition coefficient (Wildman–Crippen LogP) is 4.35. The number of alkyl carbamates (subject to hydrolysis) is 1. The molecule has 1 aliphatic rings. The molecule has 4 rings (SSSR count). The highest BCUT2D eigenvalue weighted by molar-refractivity contribution is 7.98. The minimum atomic E-state index is -1.40. The van der Waals surface area contributed by atoms with E-state index in [2.05, 4.69) is 10.6 Å². The van der Waals surface area contributed by atoms with E-state index >= 15 is 0 Å². The first-order valence-electron chi connectivity index (χ1n) is 13.2. The SMILES string of the molecule is CSCC[C@@H](NC(=O)[C@H](CC(=O)OCc1ccccc1)NC(=O)OCC1c2ccccc2-c2ccccc21)C(=O)O. The molecule has 3 N–H and O–H groups in total. The van der Waals surface area contributed by atoms with Gasteiger partial charge in [-0.25, -0.2) is 9.59 Å². The molecule has 0 saturated carbocycles. The highest BCUT2D eigenvalue weighted by Crippen LogP contribution is 2.44. The number of ether oxygens (including phenoxy) is 2. The van der Waals surface area contributed by atoms with E-state index < -0.39 is 42.4 Å². The van der Waals surface area contributed by atoms with Crippen LogP contribution in [0.3, 0.4) is 0 Å². The smallest absolute Gasteiger partial charge is 0.407 e. The molecule has 0 bridgehead atoms. The van der Waals surface area contributed by atoms with E-state index in [4.69, 9.17) is 9.47 Å². The van der Waals surface area contributed by atoms with Gasteiger partial charge < -0.3 is 25.2 Å². The number of amides is 2. The molecule has 0 saturated heterocycles. The van der Waals surface area contributed by atoms with E-state index in [0.29, 0.717) is 5.75 Å². The van der Waals surface area contributed by atoms with E-state index in [1.807, 2.05) is 60.9 Å². The minimum absolute atomic E-state index is 0.00949. The third-order valence-electron chi connectivity index (χ3n) is 6.79. The van der Waals surface area contributed by atoms with E-state index in [1.165, 1.54) is 11.8 Å². The number of thioether (sulfide) groups is 1. The summed E-state index contributed by atoms with van der Waals surface area (Å²) in [6.07, 6.45) is 0.597. The molecule has 2 amide bonds. The number of carboxylic acids is 1. The molecule has 0 aliphatic heterocycles. The Morgan fingerprint density at radius 2 is 1.44 bits per heavy atom. The first-order valence-corrected chi connectivity index (χ1v) is 14.6. The van der Waals surface area contributed by atoms with E-state index in [1.54, 1.807) is 24.3 Å². The lowest BCUT2D eigenvalue weighted by molar-refractivity contribution is -0.147. The molecule has 0 radical (unpaired) electrons. The lowest BCUT2D eigenvalue weighted by Crippen LogP contribution is -2.52. The minimum Gasteiger partial charge on any atom is -0.480 e. The summed E-state index contributed by atoms with van der Waals surface area (Å²) in [5, 5.41) is 14.4. The molecule has 0 spiro atoms. The number of benzene rings is 3. The van der Waals surface area contributed by atoms with Gasteiger partial charge in [-0.05, 0) is 46.2 Å². The molecule has 1 aliphatic carbocycles. The van der Waals surface area contributed by atoms with Crippen molar-refractivity contribution in [2.75, 3.05) is 18.6 Å². The highest BCUT2D eigenvalue weighted by atomic mass is 32.2. The van der Waals surface area contributed by atoms with Gasteiger partial charge in [-0.2, -0.15) is 11.8 Å². The number of hydrogen-bond donors (Lipinski definition) is 3. The van der Waals surface area contributed by atoms with Crippen molar-refractivity contribution in [2.45, 2.75) is 37.5 Å². The summed E-state index contributed by atoms with van der Waals surface area (Å²) in [4.78, 5) is 50.3. The van der Waals surface area contributed by atoms with Crippen molar-refractivity contribution in [3.05, 3.63) is 95.6 Å². The van der Waals surface area contributed by atoms with Crippen molar-refractivity contribution in [1.29, 1.82) is 0 Å². The fourth-order valence-electron chi connectivity index (χ4n) is 4.72. The Morgan fingerprint density at radius 1 is 0.829 bits per heavy atom. The van der Waals surface area contributed by atoms with Crippen LogP contribution in [-0.2, 0) is 30.5 Å². The van der Waals surface area contributed by atoms with Crippen molar-refractivity contribution in [2.24, 2.45) is 0 Å². The molecular formula is C31H32N2O7S. The van der Waals surface area contributed by atoms with Crippen LogP contribution in [-0.4, -0.2) is 59.7 Å². The van der Waals surface area contributed by atoms with Crippen LogP contribution in [0.5, 0.6) is 0 Å². The van der Waals surface area contributed by atoms with Crippen molar-refractivity contribution in [1.82, 2.24) is 10.6 Å². The van der Waals surface area contributed by atoms with Gasteiger partial charge in [0.15, 0.2) is 0 Å². The number of nitrogens with one attached hydrogen (secondary N) is 2. The molecule has 10 heteroatoms. The Hall–Kier alpha value is -4.31. The zero-order chi connectivity index (χ0) is 29.2. The summed E-state index contributed by atoms with van der Waals surface area (Å²) in [5.74, 6) is -2.45. The maximum absolute atomic E-state index is 13.1. The molecule has 41 heavy (non-hydrogen) atoms. The molecule has 2 atom stereocenters. The van der Waals surface area contributed by atoms with Crippen LogP contribution in [0, 0.1) is 0 Å². The number of esters is 1. The first-order chi connectivity index (χ1) is 19.9. The van der Waals surface area contributed by atoms with Crippen LogP contribution in [0.2, 0.25) is 0 Å². The molecule has 0 heterocycles. The van der Waals surface area contributed by atoms with Crippen molar-refractivity contribution >= 4 is 35.7 Å². The zero-order valence-corrected chi connectivity index (χ0v) is 23.4. The summed E-state index contributed by atoms with van der Waals surface area (Å²) in [7, 11) is 0. The second-order valence-electron chi connectivity index (χ2n) is 9.55. The number of rotatable bonds is 13. The average molecular weight is 577 g/mol. The van der Waals surface area contributed by atoms with Gasteiger partial charge in [0.25, 0.3) is 0 Å². The van der Waals surface area contributed by atoms with Gasteiger partial charge in [0.2, 0.25) is 5.91 Å². The van der Waals surface area contributed by atoms with E-state index in [9.17, 15) is 24.3 Å². The molecule has 214 valence electrons. The fourth-order valence-corrected chi connectivity index (χ4v) is 5.19. The van der Waals surface area contributed by atoms with Gasteiger partial charge in [0, 0.05) is 5.92 Å². The van der Waals surface area contributed by atoms with Gasteiger partial charge in [-0.3, -0.25) is 9.59 Å². The lowest BCUT2D eigenvalue weighted by atomic mass is 9.98. The summed E-state index contributed by atoms with van der Waals surface area (Å²) in [6, 6.07) is 22.2. The van der Waals surface area contributed by atoms with Crippen molar-refractivity contribution in [3.8, 4) is 11.1 Å². The molecule has 9 nitrogen and oxygen atoms in total. The van der Waals surface area contributed by atoms with Crippen LogP contribution >= 0.6 is 11.8 Å². The number of fused-ring (bicyclic) bond motifs is 3. The van der Waals surface area contributed by atoms with Crippen LogP contribution in [0.25, 0.3) is 11.1 Å². The summed E-state index contributed by atoms with van der Waals surface area (Å²) < 4.78 is 10.8. The lowest BCUT2D eigenvalue weighted by Gasteiger charge is -2.21. The molecular weight excluding hydrogens is 544 g/mol. The number of hydrogen-bond acceptors (Lipinski definition) is 7. The molecule has 0 fully saturated rings. The Balaban J connectivity index is 1.42. The maximum Gasteiger partial charge on any atom is 0.407 e. The Labute approximate surface area is 242 Å². The third-order valence-corrected chi connectivity index (χ3v) is 7.43. The number of carboxylic acid groups (broad SMARTS) is 1. The van der Waals surface area contributed by atoms with Gasteiger partial charge in [-0.15, -0.1) is 0 Å². The largest absolute Gasteiger partial charge is 0.480 e. The Morgan fingerprint density at radius 3 is 2.05 bits per heavy atom. The van der Waals surface area contributed by atoms with Crippen LogP contribution < -0.4 is 10.6 Å². The van der Waals surface area contributed by atoms with Gasteiger partial charge in [0.05, 0.1) is 6.42 Å². The molecule has 0 aromatic heterocycles. The predicted molar refractivity (Wildman–Crippen MR) is 155 cm³/mol. The third kappa shape index (κ3) is 7.88. The fraction of sp³-hybridized carbons (Fsp3) is 0.290. The van der Waals surface area contributed by atoms with Crippen LogP contribution in [0.4, 0.5) is 4.79 Å². The first kappa shape index (κ1) is 29.7. The summed E-state index contributed by atoms with van der Waals surface area (Å²) in [6.45, 7) is 0.00254. The summed E-state index contributed by atoms with van der Waals surface area (Å²) >= 11 is 1.44. The van der Waals surface area contributed by atoms with Crippen LogP contribution in [0.1, 0.15) is 35.4 Å². The Kier molecular flexibility index (Phi) is 10.4. The van der Waals surface area contributed by atoms with E-state index in [-0.39, 0.29) is 25.6 Å². The topological polar surface area (TPSA) is 131 Å². The molecule has 3 aromatic rings. The van der Waals surface area contributed by atoms with Crippen LogP contribution in [0.15, 0.2) is 78.9 Å². The van der Waals surface area contributed by atoms with E-state index in [0.717, 1.165) is 27.8 Å². The quantitative estimate of drug-likeness (QED) is 0.256. The number of carbonyl (C=O) groups excluding carboxylic acids is 3. The number of carbonyl (C=O) groups is 4. The molecule has 0 unspecified atom stereocenters.